The molecule has 150 valence electrons. The fourth-order valence-electron chi connectivity index (χ4n) is 4.81. The van der Waals surface area contributed by atoms with E-state index in [0.717, 1.165) is 31.2 Å². The molecule has 5 nitrogen and oxygen atoms in total. The number of rotatable bonds is 5. The minimum Gasteiger partial charge on any atom is -0.342 e. The van der Waals surface area contributed by atoms with Gasteiger partial charge in [0.05, 0.1) is 11.7 Å². The summed E-state index contributed by atoms with van der Waals surface area (Å²) in [6.07, 6.45) is 6.46. The van der Waals surface area contributed by atoms with Gasteiger partial charge < -0.3 is 4.90 Å². The third-order valence-corrected chi connectivity index (χ3v) is 7.78. The van der Waals surface area contributed by atoms with Crippen LogP contribution < -0.4 is 0 Å². The zero-order chi connectivity index (χ0) is 19.7. The standard InChI is InChI=1S/C20H29ClN2O3S/c1-3-23(27(2,25)26)18-9-13-22(14-10-18)19(24)20(11-4-5-12-20)16-7-6-8-17(21)15-16/h6-8,15,18H,3-5,9-14H2,1-2H3. The number of nitrogens with zero attached hydrogens (tertiary/aromatic N) is 2. The highest BCUT2D eigenvalue weighted by molar-refractivity contribution is 7.88. The number of likely N-dealkylation sites (tertiary alicyclic amines) is 1. The number of amides is 1. The van der Waals surface area contributed by atoms with Crippen molar-refractivity contribution in [3.8, 4) is 0 Å². The molecule has 1 aromatic rings. The van der Waals surface area contributed by atoms with Crippen LogP contribution in [0.3, 0.4) is 0 Å². The Morgan fingerprint density at radius 2 is 1.89 bits per heavy atom. The first-order valence-electron chi connectivity index (χ1n) is 9.80. The Kier molecular flexibility index (Phi) is 6.18. The molecule has 3 rings (SSSR count). The lowest BCUT2D eigenvalue weighted by Gasteiger charge is -2.41. The second-order valence-electron chi connectivity index (χ2n) is 7.79. The van der Waals surface area contributed by atoms with Crippen molar-refractivity contribution < 1.29 is 13.2 Å². The Balaban J connectivity index is 1.76. The van der Waals surface area contributed by atoms with E-state index in [9.17, 15) is 13.2 Å². The van der Waals surface area contributed by atoms with E-state index in [1.807, 2.05) is 36.1 Å². The highest BCUT2D eigenvalue weighted by Gasteiger charge is 2.46. The zero-order valence-corrected chi connectivity index (χ0v) is 17.7. The molecule has 0 bridgehead atoms. The van der Waals surface area contributed by atoms with Crippen molar-refractivity contribution in [2.24, 2.45) is 0 Å². The third-order valence-electron chi connectivity index (χ3n) is 6.14. The first-order valence-corrected chi connectivity index (χ1v) is 12.0. The van der Waals surface area contributed by atoms with Gasteiger partial charge in [-0.15, -0.1) is 0 Å². The maximum Gasteiger partial charge on any atom is 0.233 e. The average molecular weight is 413 g/mol. The van der Waals surface area contributed by atoms with E-state index >= 15 is 0 Å². The van der Waals surface area contributed by atoms with Gasteiger partial charge in [0.1, 0.15) is 0 Å². The molecule has 1 heterocycles. The van der Waals surface area contributed by atoms with E-state index in [1.165, 1.54) is 6.26 Å². The molecule has 27 heavy (non-hydrogen) atoms. The van der Waals surface area contributed by atoms with Gasteiger partial charge in [-0.25, -0.2) is 8.42 Å². The quantitative estimate of drug-likeness (QED) is 0.744. The number of piperidine rings is 1. The van der Waals surface area contributed by atoms with E-state index in [-0.39, 0.29) is 11.9 Å². The van der Waals surface area contributed by atoms with Crippen molar-refractivity contribution in [1.29, 1.82) is 0 Å². The predicted molar refractivity (Wildman–Crippen MR) is 108 cm³/mol. The zero-order valence-electron chi connectivity index (χ0n) is 16.2. The lowest BCUT2D eigenvalue weighted by Crippen LogP contribution is -2.52. The summed E-state index contributed by atoms with van der Waals surface area (Å²) >= 11 is 6.20. The minimum absolute atomic E-state index is 0.0141. The molecule has 1 aliphatic carbocycles. The van der Waals surface area contributed by atoms with Gasteiger partial charge in [-0.2, -0.15) is 4.31 Å². The summed E-state index contributed by atoms with van der Waals surface area (Å²) in [6.45, 7) is 3.56. The molecule has 0 N–H and O–H groups in total. The number of carbonyl (C=O) groups is 1. The Bertz CT molecular complexity index is 782. The molecule has 1 saturated heterocycles. The topological polar surface area (TPSA) is 57.7 Å². The van der Waals surface area contributed by atoms with Crippen LogP contribution in [-0.2, 0) is 20.2 Å². The SMILES string of the molecule is CCN(C1CCN(C(=O)C2(c3cccc(Cl)c3)CCCC2)CC1)S(C)(=O)=O. The van der Waals surface area contributed by atoms with Gasteiger partial charge in [-0.3, -0.25) is 4.79 Å². The van der Waals surface area contributed by atoms with Crippen LogP contribution in [-0.4, -0.2) is 55.5 Å². The number of benzene rings is 1. The van der Waals surface area contributed by atoms with Crippen LogP contribution in [0.2, 0.25) is 5.02 Å². The second kappa shape index (κ2) is 8.10. The molecule has 1 saturated carbocycles. The molecule has 0 unspecified atom stereocenters. The molecule has 7 heteroatoms. The lowest BCUT2D eigenvalue weighted by molar-refractivity contribution is -0.138. The lowest BCUT2D eigenvalue weighted by atomic mass is 9.77. The molecule has 2 fully saturated rings. The highest BCUT2D eigenvalue weighted by Crippen LogP contribution is 2.43. The molecule has 0 atom stereocenters. The van der Waals surface area contributed by atoms with Gasteiger partial charge in [0.25, 0.3) is 0 Å². The number of hydrogen-bond donors (Lipinski definition) is 0. The Morgan fingerprint density at radius 1 is 1.26 bits per heavy atom. The molecule has 1 aromatic carbocycles. The first kappa shape index (κ1) is 20.6. The molecule has 0 aromatic heterocycles. The third kappa shape index (κ3) is 4.17. The Morgan fingerprint density at radius 3 is 2.41 bits per heavy atom. The molecule has 1 amide bonds. The van der Waals surface area contributed by atoms with Gasteiger partial charge in [-0.05, 0) is 43.4 Å². The van der Waals surface area contributed by atoms with Gasteiger partial charge in [-0.1, -0.05) is 43.5 Å². The van der Waals surface area contributed by atoms with Crippen molar-refractivity contribution in [2.75, 3.05) is 25.9 Å². The smallest absolute Gasteiger partial charge is 0.233 e. The van der Waals surface area contributed by atoms with Crippen LogP contribution in [0.15, 0.2) is 24.3 Å². The maximum atomic E-state index is 13.5. The van der Waals surface area contributed by atoms with Crippen molar-refractivity contribution in [1.82, 2.24) is 9.21 Å². The normalized spacial score (nSPS) is 21.0. The van der Waals surface area contributed by atoms with Gasteiger partial charge in [0.2, 0.25) is 15.9 Å². The van der Waals surface area contributed by atoms with Gasteiger partial charge in [0, 0.05) is 30.7 Å². The molecular formula is C20H29ClN2O3S. The predicted octanol–water partition coefficient (Wildman–Crippen LogP) is 3.42. The molecule has 0 spiro atoms. The van der Waals surface area contributed by atoms with Crippen molar-refractivity contribution >= 4 is 27.5 Å². The Labute approximate surface area is 167 Å². The minimum atomic E-state index is -3.21. The average Bonchev–Trinajstić information content (AvgIpc) is 3.12. The summed E-state index contributed by atoms with van der Waals surface area (Å²) in [5, 5.41) is 0.664. The van der Waals surface area contributed by atoms with Gasteiger partial charge >= 0.3 is 0 Å². The highest BCUT2D eigenvalue weighted by atomic mass is 35.5. The van der Waals surface area contributed by atoms with Crippen molar-refractivity contribution in [3.63, 3.8) is 0 Å². The Hall–Kier alpha value is -1.11. The van der Waals surface area contributed by atoms with Crippen LogP contribution in [0, 0.1) is 0 Å². The fraction of sp³-hybridized carbons (Fsp3) is 0.650. The first-order chi connectivity index (χ1) is 12.8. The molecular weight excluding hydrogens is 384 g/mol. The van der Waals surface area contributed by atoms with Crippen LogP contribution in [0.4, 0.5) is 0 Å². The largest absolute Gasteiger partial charge is 0.342 e. The summed E-state index contributed by atoms with van der Waals surface area (Å²) in [5.41, 5.74) is 0.546. The molecule has 2 aliphatic rings. The summed E-state index contributed by atoms with van der Waals surface area (Å²) in [5.74, 6) is 0.183. The van der Waals surface area contributed by atoms with E-state index < -0.39 is 15.4 Å². The van der Waals surface area contributed by atoms with E-state index in [1.54, 1.807) is 4.31 Å². The van der Waals surface area contributed by atoms with Crippen LogP contribution in [0.25, 0.3) is 0 Å². The number of halogens is 1. The van der Waals surface area contributed by atoms with Crippen LogP contribution in [0.5, 0.6) is 0 Å². The van der Waals surface area contributed by atoms with E-state index in [0.29, 0.717) is 37.5 Å². The number of carbonyl (C=O) groups excluding carboxylic acids is 1. The van der Waals surface area contributed by atoms with Crippen LogP contribution >= 0.6 is 11.6 Å². The van der Waals surface area contributed by atoms with Crippen molar-refractivity contribution in [3.05, 3.63) is 34.9 Å². The second-order valence-corrected chi connectivity index (χ2v) is 10.2. The molecule has 0 radical (unpaired) electrons. The maximum absolute atomic E-state index is 13.5. The summed E-state index contributed by atoms with van der Waals surface area (Å²) in [7, 11) is -3.21. The summed E-state index contributed by atoms with van der Waals surface area (Å²) in [4.78, 5) is 15.5. The van der Waals surface area contributed by atoms with E-state index in [4.69, 9.17) is 11.6 Å². The monoisotopic (exact) mass is 412 g/mol. The summed E-state index contributed by atoms with van der Waals surface area (Å²) in [6, 6.07) is 7.70. The number of hydrogen-bond acceptors (Lipinski definition) is 3. The van der Waals surface area contributed by atoms with Crippen molar-refractivity contribution in [2.45, 2.75) is 56.9 Å². The fourth-order valence-corrected chi connectivity index (χ4v) is 6.23. The van der Waals surface area contributed by atoms with Crippen LogP contribution in [0.1, 0.15) is 51.0 Å². The summed E-state index contributed by atoms with van der Waals surface area (Å²) < 4.78 is 25.5. The van der Waals surface area contributed by atoms with Gasteiger partial charge in [0.15, 0.2) is 0 Å². The molecule has 1 aliphatic heterocycles. The number of sulfonamides is 1. The van der Waals surface area contributed by atoms with E-state index in [2.05, 4.69) is 0 Å².